The average Bonchev–Trinajstić information content (AvgIpc) is 2.81. The van der Waals surface area contributed by atoms with Crippen molar-refractivity contribution in [1.29, 1.82) is 0 Å². The van der Waals surface area contributed by atoms with Gasteiger partial charge in [0, 0.05) is 16.4 Å². The summed E-state index contributed by atoms with van der Waals surface area (Å²) < 4.78 is 6.11. The summed E-state index contributed by atoms with van der Waals surface area (Å²) in [6.07, 6.45) is 3.28. The molecule has 5 heteroatoms. The Bertz CT molecular complexity index is 467. The molecule has 1 aliphatic rings. The van der Waals surface area contributed by atoms with Crippen LogP contribution in [0.2, 0.25) is 0 Å². The highest BCUT2D eigenvalue weighted by molar-refractivity contribution is 9.10. The molecule has 0 bridgehead atoms. The zero-order valence-electron chi connectivity index (χ0n) is 10.8. The standard InChI is InChI=1S/C14H17BrClNO2/c1-19-13-7-10(15)5-6-11(13)14(18)17-8-9-3-2-4-12(9)16/h5-7,9,12H,2-4,8H2,1H3,(H,17,18). The van der Waals surface area contributed by atoms with E-state index in [4.69, 9.17) is 16.3 Å². The number of amides is 1. The second-order valence-electron chi connectivity index (χ2n) is 4.76. The van der Waals surface area contributed by atoms with Crippen LogP contribution >= 0.6 is 27.5 Å². The topological polar surface area (TPSA) is 38.3 Å². The molecule has 0 saturated heterocycles. The monoisotopic (exact) mass is 345 g/mol. The number of methoxy groups -OCH3 is 1. The summed E-state index contributed by atoms with van der Waals surface area (Å²) in [5.74, 6) is 0.841. The molecule has 0 aliphatic heterocycles. The maximum atomic E-state index is 12.1. The van der Waals surface area contributed by atoms with Gasteiger partial charge in [-0.3, -0.25) is 4.79 Å². The Morgan fingerprint density at radius 3 is 2.95 bits per heavy atom. The number of halogens is 2. The van der Waals surface area contributed by atoms with Gasteiger partial charge in [0.2, 0.25) is 0 Å². The number of hydrogen-bond acceptors (Lipinski definition) is 2. The zero-order valence-corrected chi connectivity index (χ0v) is 13.1. The van der Waals surface area contributed by atoms with Crippen molar-refractivity contribution in [3.8, 4) is 5.75 Å². The lowest BCUT2D eigenvalue weighted by Crippen LogP contribution is -2.31. The van der Waals surface area contributed by atoms with Gasteiger partial charge in [0.15, 0.2) is 0 Å². The minimum absolute atomic E-state index is 0.111. The van der Waals surface area contributed by atoms with Crippen molar-refractivity contribution in [1.82, 2.24) is 5.32 Å². The number of carbonyl (C=O) groups is 1. The van der Waals surface area contributed by atoms with Gasteiger partial charge in [-0.25, -0.2) is 0 Å². The van der Waals surface area contributed by atoms with Crippen LogP contribution < -0.4 is 10.1 Å². The summed E-state index contributed by atoms with van der Waals surface area (Å²) in [4.78, 5) is 12.1. The van der Waals surface area contributed by atoms with Crippen LogP contribution in [0.5, 0.6) is 5.75 Å². The number of rotatable bonds is 4. The van der Waals surface area contributed by atoms with E-state index < -0.39 is 0 Å². The molecule has 2 rings (SSSR count). The molecular weight excluding hydrogens is 330 g/mol. The summed E-state index contributed by atoms with van der Waals surface area (Å²) in [7, 11) is 1.56. The Kier molecular flexibility index (Phi) is 5.11. The van der Waals surface area contributed by atoms with Gasteiger partial charge in [-0.2, -0.15) is 0 Å². The normalized spacial score (nSPS) is 22.3. The van der Waals surface area contributed by atoms with Crippen LogP contribution in [0.15, 0.2) is 22.7 Å². The molecule has 1 aliphatic carbocycles. The minimum atomic E-state index is -0.111. The third-order valence-electron chi connectivity index (χ3n) is 3.50. The molecule has 1 fully saturated rings. The van der Waals surface area contributed by atoms with Crippen LogP contribution in [0.4, 0.5) is 0 Å². The Labute approximate surface area is 126 Å². The van der Waals surface area contributed by atoms with Crippen LogP contribution in [0.3, 0.4) is 0 Å². The van der Waals surface area contributed by atoms with Gasteiger partial charge in [-0.15, -0.1) is 11.6 Å². The predicted octanol–water partition coefficient (Wildman–Crippen LogP) is 3.60. The molecule has 19 heavy (non-hydrogen) atoms. The highest BCUT2D eigenvalue weighted by Crippen LogP contribution is 2.29. The highest BCUT2D eigenvalue weighted by Gasteiger charge is 2.25. The molecule has 1 amide bonds. The molecule has 2 unspecified atom stereocenters. The molecule has 1 aromatic carbocycles. The lowest BCUT2D eigenvalue weighted by atomic mass is 10.1. The summed E-state index contributed by atoms with van der Waals surface area (Å²) in [6.45, 7) is 0.631. The zero-order chi connectivity index (χ0) is 13.8. The quantitative estimate of drug-likeness (QED) is 0.846. The second-order valence-corrected chi connectivity index (χ2v) is 6.24. The third kappa shape index (κ3) is 3.63. The third-order valence-corrected chi connectivity index (χ3v) is 4.57. The first-order chi connectivity index (χ1) is 9.11. The Morgan fingerprint density at radius 1 is 1.53 bits per heavy atom. The lowest BCUT2D eigenvalue weighted by molar-refractivity contribution is 0.0944. The Hall–Kier alpha value is -0.740. The molecule has 0 aromatic heterocycles. The van der Waals surface area contributed by atoms with E-state index in [9.17, 15) is 4.79 Å². The maximum Gasteiger partial charge on any atom is 0.255 e. The number of alkyl halides is 1. The van der Waals surface area contributed by atoms with Crippen molar-refractivity contribution in [2.24, 2.45) is 5.92 Å². The average molecular weight is 347 g/mol. The van der Waals surface area contributed by atoms with Crippen molar-refractivity contribution < 1.29 is 9.53 Å². The van der Waals surface area contributed by atoms with Gasteiger partial charge in [0.25, 0.3) is 5.91 Å². The van der Waals surface area contributed by atoms with Crippen molar-refractivity contribution in [3.05, 3.63) is 28.2 Å². The van der Waals surface area contributed by atoms with E-state index in [2.05, 4.69) is 21.2 Å². The van der Waals surface area contributed by atoms with E-state index in [1.54, 1.807) is 19.2 Å². The van der Waals surface area contributed by atoms with Crippen LogP contribution in [-0.4, -0.2) is 24.9 Å². The second kappa shape index (κ2) is 6.62. The first kappa shape index (κ1) is 14.7. The van der Waals surface area contributed by atoms with Crippen LogP contribution in [0.25, 0.3) is 0 Å². The fourth-order valence-corrected chi connectivity index (χ4v) is 3.10. The molecule has 0 radical (unpaired) electrons. The number of benzene rings is 1. The predicted molar refractivity (Wildman–Crippen MR) is 80.0 cm³/mol. The van der Waals surface area contributed by atoms with Gasteiger partial charge in [-0.1, -0.05) is 22.4 Å². The van der Waals surface area contributed by atoms with Gasteiger partial charge in [-0.05, 0) is 37.0 Å². The number of carbonyl (C=O) groups excluding carboxylic acids is 1. The van der Waals surface area contributed by atoms with Crippen molar-refractivity contribution in [2.75, 3.05) is 13.7 Å². The Balaban J connectivity index is 1.99. The van der Waals surface area contributed by atoms with Crippen molar-refractivity contribution in [3.63, 3.8) is 0 Å². The smallest absolute Gasteiger partial charge is 0.255 e. The molecule has 1 aromatic rings. The van der Waals surface area contributed by atoms with Crippen molar-refractivity contribution >= 4 is 33.4 Å². The van der Waals surface area contributed by atoms with Gasteiger partial charge >= 0.3 is 0 Å². The number of nitrogens with one attached hydrogen (secondary N) is 1. The Morgan fingerprint density at radius 2 is 2.32 bits per heavy atom. The molecule has 0 heterocycles. The van der Waals surface area contributed by atoms with E-state index >= 15 is 0 Å². The molecular formula is C14H17BrClNO2. The van der Waals surface area contributed by atoms with Crippen LogP contribution in [-0.2, 0) is 0 Å². The van der Waals surface area contributed by atoms with Crippen molar-refractivity contribution in [2.45, 2.75) is 24.6 Å². The summed E-state index contributed by atoms with van der Waals surface area (Å²) in [5.41, 5.74) is 0.551. The van der Waals surface area contributed by atoms with E-state index in [0.717, 1.165) is 23.7 Å². The summed E-state index contributed by atoms with van der Waals surface area (Å²) in [5, 5.41) is 3.13. The van der Waals surface area contributed by atoms with E-state index in [1.165, 1.54) is 0 Å². The number of ether oxygens (including phenoxy) is 1. The molecule has 104 valence electrons. The van der Waals surface area contributed by atoms with Crippen LogP contribution in [0.1, 0.15) is 29.6 Å². The molecule has 1 saturated carbocycles. The minimum Gasteiger partial charge on any atom is -0.496 e. The molecule has 2 atom stereocenters. The highest BCUT2D eigenvalue weighted by atomic mass is 79.9. The summed E-state index contributed by atoms with van der Waals surface area (Å²) in [6, 6.07) is 5.37. The van der Waals surface area contributed by atoms with E-state index in [1.807, 2.05) is 6.07 Å². The number of hydrogen-bond donors (Lipinski definition) is 1. The largest absolute Gasteiger partial charge is 0.496 e. The first-order valence-electron chi connectivity index (χ1n) is 6.37. The fourth-order valence-electron chi connectivity index (χ4n) is 2.39. The lowest BCUT2D eigenvalue weighted by Gasteiger charge is -2.15. The maximum absolute atomic E-state index is 12.1. The fraction of sp³-hybridized carbons (Fsp3) is 0.500. The summed E-state index contributed by atoms with van der Waals surface area (Å²) >= 11 is 9.56. The molecule has 3 nitrogen and oxygen atoms in total. The first-order valence-corrected chi connectivity index (χ1v) is 7.60. The molecule has 1 N–H and O–H groups in total. The van der Waals surface area contributed by atoms with E-state index in [0.29, 0.717) is 23.8 Å². The van der Waals surface area contributed by atoms with E-state index in [-0.39, 0.29) is 11.3 Å². The van der Waals surface area contributed by atoms with Gasteiger partial charge < -0.3 is 10.1 Å². The van der Waals surface area contributed by atoms with Crippen LogP contribution in [0, 0.1) is 5.92 Å². The SMILES string of the molecule is COc1cc(Br)ccc1C(=O)NCC1CCCC1Cl. The van der Waals surface area contributed by atoms with Gasteiger partial charge in [0.05, 0.1) is 12.7 Å². The van der Waals surface area contributed by atoms with Gasteiger partial charge in [0.1, 0.15) is 5.75 Å². The molecule has 0 spiro atoms.